The van der Waals surface area contributed by atoms with Crippen molar-refractivity contribution in [1.29, 1.82) is 0 Å². The van der Waals surface area contributed by atoms with E-state index in [1.165, 1.54) is 12.8 Å². The second-order valence-electron chi connectivity index (χ2n) is 5.73. The van der Waals surface area contributed by atoms with Crippen LogP contribution >= 0.6 is 0 Å². The van der Waals surface area contributed by atoms with Gasteiger partial charge in [-0.15, -0.1) is 0 Å². The Morgan fingerprint density at radius 3 is 2.60 bits per heavy atom. The first-order valence-corrected chi connectivity index (χ1v) is 6.82. The molecular weight excluding hydrogens is 269 g/mol. The Morgan fingerprint density at radius 2 is 2.05 bits per heavy atom. The van der Waals surface area contributed by atoms with Gasteiger partial charge in [0.15, 0.2) is 5.69 Å². The molecule has 3 fully saturated rings. The van der Waals surface area contributed by atoms with E-state index in [0.29, 0.717) is 30.4 Å². The standard InChI is InChI=1S/C13H17F3N4/c1-7-8-2-9(3-8)20-10(7)4-18-12-6-17-11(5-19-12)13(14,15)16/h5-10,20H,2-4H2,1H3,(H,18,19)/t7-,8?,9?,10-/m1/s1. The molecule has 1 aromatic heterocycles. The molecule has 2 saturated heterocycles. The zero-order valence-corrected chi connectivity index (χ0v) is 11.1. The molecule has 1 saturated carbocycles. The number of nitrogens with one attached hydrogen (secondary N) is 2. The molecule has 2 bridgehead atoms. The average molecular weight is 286 g/mol. The van der Waals surface area contributed by atoms with Crippen LogP contribution in [0.4, 0.5) is 19.0 Å². The monoisotopic (exact) mass is 286 g/mol. The van der Waals surface area contributed by atoms with Gasteiger partial charge in [-0.1, -0.05) is 6.92 Å². The molecule has 110 valence electrons. The van der Waals surface area contributed by atoms with Crippen LogP contribution in [-0.4, -0.2) is 28.6 Å². The van der Waals surface area contributed by atoms with E-state index in [9.17, 15) is 13.2 Å². The lowest BCUT2D eigenvalue weighted by Crippen LogP contribution is -2.60. The van der Waals surface area contributed by atoms with E-state index in [-0.39, 0.29) is 0 Å². The summed E-state index contributed by atoms with van der Waals surface area (Å²) in [7, 11) is 0. The normalized spacial score (nSPS) is 32.6. The van der Waals surface area contributed by atoms with Crippen molar-refractivity contribution in [2.24, 2.45) is 11.8 Å². The second-order valence-corrected chi connectivity index (χ2v) is 5.73. The zero-order chi connectivity index (χ0) is 14.3. The van der Waals surface area contributed by atoms with Crippen LogP contribution in [0.15, 0.2) is 12.4 Å². The highest BCUT2D eigenvalue weighted by atomic mass is 19.4. The van der Waals surface area contributed by atoms with Crippen molar-refractivity contribution in [2.45, 2.75) is 38.0 Å². The van der Waals surface area contributed by atoms with Crippen molar-refractivity contribution in [2.75, 3.05) is 11.9 Å². The van der Waals surface area contributed by atoms with Crippen LogP contribution in [0.25, 0.3) is 0 Å². The topological polar surface area (TPSA) is 49.8 Å². The number of halogens is 3. The van der Waals surface area contributed by atoms with Crippen molar-refractivity contribution in [3.05, 3.63) is 18.1 Å². The Hall–Kier alpha value is -1.37. The van der Waals surface area contributed by atoms with E-state index in [1.807, 2.05) is 0 Å². The number of hydrogen-bond acceptors (Lipinski definition) is 4. The van der Waals surface area contributed by atoms with E-state index in [0.717, 1.165) is 18.3 Å². The van der Waals surface area contributed by atoms with E-state index >= 15 is 0 Å². The number of piperidine rings is 2. The van der Waals surface area contributed by atoms with Crippen LogP contribution in [0.1, 0.15) is 25.5 Å². The summed E-state index contributed by atoms with van der Waals surface area (Å²) in [6.07, 6.45) is -0.0453. The number of aromatic nitrogens is 2. The van der Waals surface area contributed by atoms with E-state index in [4.69, 9.17) is 0 Å². The summed E-state index contributed by atoms with van der Waals surface area (Å²) in [4.78, 5) is 7.15. The lowest BCUT2D eigenvalue weighted by atomic mass is 9.66. The molecule has 20 heavy (non-hydrogen) atoms. The minimum atomic E-state index is -4.44. The van der Waals surface area contributed by atoms with Gasteiger partial charge < -0.3 is 10.6 Å². The number of fused-ring (bicyclic) bond motifs is 2. The Labute approximate surface area is 115 Å². The molecule has 2 aliphatic heterocycles. The maximum absolute atomic E-state index is 12.4. The van der Waals surface area contributed by atoms with Crippen LogP contribution in [0.5, 0.6) is 0 Å². The molecule has 0 unspecified atom stereocenters. The van der Waals surface area contributed by atoms with Gasteiger partial charge in [0.05, 0.1) is 12.4 Å². The molecule has 1 aromatic rings. The van der Waals surface area contributed by atoms with Crippen LogP contribution in [0, 0.1) is 11.8 Å². The Kier molecular flexibility index (Phi) is 3.32. The molecule has 1 aliphatic carbocycles. The zero-order valence-electron chi connectivity index (χ0n) is 11.1. The minimum Gasteiger partial charge on any atom is -0.367 e. The molecule has 2 atom stereocenters. The summed E-state index contributed by atoms with van der Waals surface area (Å²) in [5, 5.41) is 6.61. The molecule has 0 aromatic carbocycles. The summed E-state index contributed by atoms with van der Waals surface area (Å²) in [6, 6.07) is 0.957. The maximum atomic E-state index is 12.4. The van der Waals surface area contributed by atoms with Gasteiger partial charge in [-0.3, -0.25) is 0 Å². The summed E-state index contributed by atoms with van der Waals surface area (Å²) >= 11 is 0. The largest absolute Gasteiger partial charge is 0.434 e. The predicted octanol–water partition coefficient (Wildman–Crippen LogP) is 2.29. The van der Waals surface area contributed by atoms with Gasteiger partial charge in [0.2, 0.25) is 0 Å². The molecule has 2 N–H and O–H groups in total. The molecule has 0 spiro atoms. The summed E-state index contributed by atoms with van der Waals surface area (Å²) in [6.45, 7) is 2.88. The fourth-order valence-electron chi connectivity index (χ4n) is 3.04. The second kappa shape index (κ2) is 4.87. The van der Waals surface area contributed by atoms with Gasteiger partial charge in [0.25, 0.3) is 0 Å². The van der Waals surface area contributed by atoms with E-state index < -0.39 is 11.9 Å². The summed E-state index contributed by atoms with van der Waals surface area (Å²) in [5.74, 6) is 1.74. The fraction of sp³-hybridized carbons (Fsp3) is 0.692. The van der Waals surface area contributed by atoms with Gasteiger partial charge in [-0.25, -0.2) is 9.97 Å². The molecular formula is C13H17F3N4. The number of hydrogen-bond donors (Lipinski definition) is 2. The highest BCUT2D eigenvalue weighted by Gasteiger charge is 2.42. The first-order chi connectivity index (χ1) is 9.43. The third-order valence-electron chi connectivity index (χ3n) is 4.45. The molecule has 4 nitrogen and oxygen atoms in total. The van der Waals surface area contributed by atoms with Crippen molar-refractivity contribution >= 4 is 5.82 Å². The maximum Gasteiger partial charge on any atom is 0.434 e. The van der Waals surface area contributed by atoms with Crippen LogP contribution < -0.4 is 10.6 Å². The lowest BCUT2D eigenvalue weighted by molar-refractivity contribution is -0.141. The quantitative estimate of drug-likeness (QED) is 0.895. The summed E-state index contributed by atoms with van der Waals surface area (Å²) in [5.41, 5.74) is -0.964. The van der Waals surface area contributed by atoms with Crippen LogP contribution in [-0.2, 0) is 6.18 Å². The van der Waals surface area contributed by atoms with Crippen molar-refractivity contribution in [3.8, 4) is 0 Å². The van der Waals surface area contributed by atoms with Gasteiger partial charge in [-0.05, 0) is 24.7 Å². The van der Waals surface area contributed by atoms with Crippen molar-refractivity contribution < 1.29 is 13.2 Å². The highest BCUT2D eigenvalue weighted by Crippen LogP contribution is 2.40. The number of anilines is 1. The first kappa shape index (κ1) is 13.6. The number of alkyl halides is 3. The van der Waals surface area contributed by atoms with Crippen LogP contribution in [0.3, 0.4) is 0 Å². The van der Waals surface area contributed by atoms with E-state index in [2.05, 4.69) is 27.5 Å². The fourth-order valence-corrected chi connectivity index (χ4v) is 3.04. The Bertz CT molecular complexity index is 467. The van der Waals surface area contributed by atoms with Crippen molar-refractivity contribution in [1.82, 2.24) is 15.3 Å². The Morgan fingerprint density at radius 1 is 1.30 bits per heavy atom. The molecule has 3 aliphatic rings. The van der Waals surface area contributed by atoms with E-state index in [1.54, 1.807) is 0 Å². The molecule has 4 rings (SSSR count). The van der Waals surface area contributed by atoms with Gasteiger partial charge >= 0.3 is 6.18 Å². The molecule has 0 amide bonds. The first-order valence-electron chi connectivity index (χ1n) is 6.82. The summed E-state index contributed by atoms with van der Waals surface area (Å²) < 4.78 is 37.1. The Balaban J connectivity index is 1.56. The van der Waals surface area contributed by atoms with Gasteiger partial charge in [-0.2, -0.15) is 13.2 Å². The van der Waals surface area contributed by atoms with Crippen molar-refractivity contribution in [3.63, 3.8) is 0 Å². The van der Waals surface area contributed by atoms with Crippen LogP contribution in [0.2, 0.25) is 0 Å². The predicted molar refractivity (Wildman–Crippen MR) is 68.1 cm³/mol. The van der Waals surface area contributed by atoms with Gasteiger partial charge in [0, 0.05) is 18.6 Å². The third kappa shape index (κ3) is 2.59. The molecule has 3 heterocycles. The smallest absolute Gasteiger partial charge is 0.367 e. The minimum absolute atomic E-state index is 0.344. The SMILES string of the molecule is C[C@@H]1C2CC(C2)N[C@@H]1CNc1cnc(C(F)(F)F)cn1. The number of rotatable bonds is 3. The molecule has 0 radical (unpaired) electrons. The third-order valence-corrected chi connectivity index (χ3v) is 4.45. The van der Waals surface area contributed by atoms with Gasteiger partial charge in [0.1, 0.15) is 5.82 Å². The number of nitrogens with zero attached hydrogens (tertiary/aromatic N) is 2. The average Bonchev–Trinajstić information content (AvgIpc) is 2.35. The molecule has 7 heteroatoms. The highest BCUT2D eigenvalue weighted by molar-refractivity contribution is 5.31. The lowest BCUT2D eigenvalue weighted by Gasteiger charge is -2.51.